The Morgan fingerprint density at radius 1 is 1.43 bits per heavy atom. The van der Waals surface area contributed by atoms with E-state index in [0.717, 1.165) is 6.42 Å². The fraction of sp³-hybridized carbons (Fsp3) is 0.467. The zero-order valence-corrected chi connectivity index (χ0v) is 12.0. The van der Waals surface area contributed by atoms with Gasteiger partial charge in [0.2, 0.25) is 0 Å². The van der Waals surface area contributed by atoms with Gasteiger partial charge in [-0.1, -0.05) is 30.3 Å². The predicted molar refractivity (Wildman–Crippen MR) is 76.9 cm³/mol. The van der Waals surface area contributed by atoms with Gasteiger partial charge in [0.15, 0.2) is 6.04 Å². The van der Waals surface area contributed by atoms with Gasteiger partial charge in [0.05, 0.1) is 6.61 Å². The highest BCUT2D eigenvalue weighted by Gasteiger charge is 2.29. The average Bonchev–Trinajstić information content (AvgIpc) is 2.94. The fourth-order valence-corrected chi connectivity index (χ4v) is 2.54. The third kappa shape index (κ3) is 3.95. The standard InChI is InChI=1S/C15H20N2O4/c1-21-10-11-7-8-17(9-11)15(20)16-13(14(18)19)12-5-3-2-4-6-12/h2-6,11,13H,7-10H2,1H3,(H,16,20)(H,18,19)/t11?,13-/m0/s1. The number of carboxylic acids is 1. The third-order valence-corrected chi connectivity index (χ3v) is 3.62. The first kappa shape index (κ1) is 15.3. The zero-order valence-electron chi connectivity index (χ0n) is 12.0. The van der Waals surface area contributed by atoms with Crippen molar-refractivity contribution >= 4 is 12.0 Å². The molecule has 1 fully saturated rings. The maximum absolute atomic E-state index is 12.2. The maximum atomic E-state index is 12.2. The van der Waals surface area contributed by atoms with Gasteiger partial charge in [0.25, 0.3) is 0 Å². The summed E-state index contributed by atoms with van der Waals surface area (Å²) in [5.41, 5.74) is 0.561. The number of benzene rings is 1. The molecule has 1 aromatic rings. The lowest BCUT2D eigenvalue weighted by Gasteiger charge is -2.21. The molecule has 1 heterocycles. The molecule has 2 amide bonds. The monoisotopic (exact) mass is 292 g/mol. The molecule has 1 aromatic carbocycles. The molecule has 1 saturated heterocycles. The largest absolute Gasteiger partial charge is 0.479 e. The SMILES string of the molecule is COCC1CCN(C(=O)N[C@H](C(=O)O)c2ccccc2)C1. The number of aliphatic carboxylic acids is 1. The molecule has 2 rings (SSSR count). The number of urea groups is 1. The summed E-state index contributed by atoms with van der Waals surface area (Å²) in [5, 5.41) is 11.9. The van der Waals surface area contributed by atoms with Gasteiger partial charge in [0.1, 0.15) is 0 Å². The van der Waals surface area contributed by atoms with Crippen molar-refractivity contribution in [3.05, 3.63) is 35.9 Å². The number of methoxy groups -OCH3 is 1. The van der Waals surface area contributed by atoms with Crippen LogP contribution in [0.4, 0.5) is 4.79 Å². The molecule has 2 atom stereocenters. The topological polar surface area (TPSA) is 78.9 Å². The van der Waals surface area contributed by atoms with Crippen molar-refractivity contribution in [2.45, 2.75) is 12.5 Å². The Kier molecular flexibility index (Phi) is 5.16. The number of carbonyl (C=O) groups is 2. The molecular weight excluding hydrogens is 272 g/mol. The van der Waals surface area contributed by atoms with E-state index in [2.05, 4.69) is 5.32 Å². The number of nitrogens with one attached hydrogen (secondary N) is 1. The van der Waals surface area contributed by atoms with Crippen molar-refractivity contribution in [2.24, 2.45) is 5.92 Å². The summed E-state index contributed by atoms with van der Waals surface area (Å²) >= 11 is 0. The second kappa shape index (κ2) is 7.08. The van der Waals surface area contributed by atoms with Crippen LogP contribution in [-0.2, 0) is 9.53 Å². The summed E-state index contributed by atoms with van der Waals surface area (Å²) in [7, 11) is 1.64. The van der Waals surface area contributed by atoms with E-state index in [1.807, 2.05) is 0 Å². The number of carboxylic acid groups (broad SMARTS) is 1. The molecule has 6 heteroatoms. The first-order chi connectivity index (χ1) is 10.1. The molecule has 0 radical (unpaired) electrons. The quantitative estimate of drug-likeness (QED) is 0.862. The molecule has 1 aliphatic heterocycles. The second-order valence-corrected chi connectivity index (χ2v) is 5.19. The zero-order chi connectivity index (χ0) is 15.2. The predicted octanol–water partition coefficient (Wildman–Crippen LogP) is 1.49. The van der Waals surface area contributed by atoms with Crippen LogP contribution < -0.4 is 5.32 Å². The summed E-state index contributed by atoms with van der Waals surface area (Å²) in [6.45, 7) is 1.84. The van der Waals surface area contributed by atoms with Crippen LogP contribution in [0.25, 0.3) is 0 Å². The number of likely N-dealkylation sites (tertiary alicyclic amines) is 1. The Balaban J connectivity index is 1.98. The van der Waals surface area contributed by atoms with Crippen molar-refractivity contribution in [3.8, 4) is 0 Å². The highest BCUT2D eigenvalue weighted by molar-refractivity contribution is 5.83. The lowest BCUT2D eigenvalue weighted by molar-refractivity contribution is -0.139. The van der Waals surface area contributed by atoms with Crippen LogP contribution in [0.3, 0.4) is 0 Å². The van der Waals surface area contributed by atoms with E-state index in [1.165, 1.54) is 0 Å². The number of hydrogen-bond acceptors (Lipinski definition) is 3. The Morgan fingerprint density at radius 2 is 2.14 bits per heavy atom. The van der Waals surface area contributed by atoms with Gasteiger partial charge in [-0.3, -0.25) is 0 Å². The van der Waals surface area contributed by atoms with Crippen LogP contribution in [0.2, 0.25) is 0 Å². The van der Waals surface area contributed by atoms with E-state index in [1.54, 1.807) is 42.3 Å². The number of amides is 2. The minimum absolute atomic E-state index is 0.320. The molecule has 6 nitrogen and oxygen atoms in total. The van der Waals surface area contributed by atoms with Crippen LogP contribution in [0.5, 0.6) is 0 Å². The molecule has 1 unspecified atom stereocenters. The molecule has 2 N–H and O–H groups in total. The van der Waals surface area contributed by atoms with E-state index in [4.69, 9.17) is 4.74 Å². The van der Waals surface area contributed by atoms with Crippen molar-refractivity contribution in [3.63, 3.8) is 0 Å². The van der Waals surface area contributed by atoms with E-state index < -0.39 is 12.0 Å². The summed E-state index contributed by atoms with van der Waals surface area (Å²) in [4.78, 5) is 25.2. The maximum Gasteiger partial charge on any atom is 0.330 e. The first-order valence-corrected chi connectivity index (χ1v) is 6.94. The van der Waals surface area contributed by atoms with Gasteiger partial charge in [-0.25, -0.2) is 9.59 Å². The number of nitrogens with zero attached hydrogens (tertiary/aromatic N) is 1. The molecule has 0 bridgehead atoms. The van der Waals surface area contributed by atoms with Crippen molar-refractivity contribution < 1.29 is 19.4 Å². The van der Waals surface area contributed by atoms with E-state index >= 15 is 0 Å². The van der Waals surface area contributed by atoms with Gasteiger partial charge >= 0.3 is 12.0 Å². The number of carbonyl (C=O) groups excluding carboxylic acids is 1. The van der Waals surface area contributed by atoms with Gasteiger partial charge in [-0.15, -0.1) is 0 Å². The lowest BCUT2D eigenvalue weighted by atomic mass is 10.1. The highest BCUT2D eigenvalue weighted by atomic mass is 16.5. The first-order valence-electron chi connectivity index (χ1n) is 6.94. The molecule has 0 spiro atoms. The van der Waals surface area contributed by atoms with Gasteiger partial charge < -0.3 is 20.1 Å². The Bertz CT molecular complexity index is 492. The van der Waals surface area contributed by atoms with Gasteiger partial charge in [-0.05, 0) is 12.0 Å². The summed E-state index contributed by atoms with van der Waals surface area (Å²) < 4.78 is 5.09. The van der Waals surface area contributed by atoms with Crippen LogP contribution in [0.1, 0.15) is 18.0 Å². The molecule has 114 valence electrons. The Labute approximate surface area is 123 Å². The minimum atomic E-state index is -1.07. The van der Waals surface area contributed by atoms with E-state index in [0.29, 0.717) is 31.2 Å². The Morgan fingerprint density at radius 3 is 2.76 bits per heavy atom. The van der Waals surface area contributed by atoms with Crippen molar-refractivity contribution in [2.75, 3.05) is 26.8 Å². The summed E-state index contributed by atoms with van der Waals surface area (Å²) in [5.74, 6) is -0.747. The van der Waals surface area contributed by atoms with Gasteiger partial charge in [-0.2, -0.15) is 0 Å². The number of rotatable bonds is 5. The van der Waals surface area contributed by atoms with Gasteiger partial charge in [0, 0.05) is 26.1 Å². The number of ether oxygens (including phenoxy) is 1. The smallest absolute Gasteiger partial charge is 0.330 e. The van der Waals surface area contributed by atoms with Crippen molar-refractivity contribution in [1.82, 2.24) is 10.2 Å². The second-order valence-electron chi connectivity index (χ2n) is 5.19. The summed E-state index contributed by atoms with van der Waals surface area (Å²) in [6, 6.07) is 7.32. The normalized spacial score (nSPS) is 19.3. The lowest BCUT2D eigenvalue weighted by Crippen LogP contribution is -2.42. The molecule has 1 aliphatic rings. The van der Waals surface area contributed by atoms with Crippen LogP contribution in [-0.4, -0.2) is 48.8 Å². The molecule has 0 saturated carbocycles. The Hall–Kier alpha value is -2.08. The van der Waals surface area contributed by atoms with E-state index in [-0.39, 0.29) is 6.03 Å². The average molecular weight is 292 g/mol. The molecule has 0 aliphatic carbocycles. The summed E-state index contributed by atoms with van der Waals surface area (Å²) in [6.07, 6.45) is 0.879. The molecular formula is C15H20N2O4. The van der Waals surface area contributed by atoms with Crippen molar-refractivity contribution in [1.29, 1.82) is 0 Å². The fourth-order valence-electron chi connectivity index (χ4n) is 2.54. The van der Waals surface area contributed by atoms with Crippen LogP contribution in [0, 0.1) is 5.92 Å². The highest BCUT2D eigenvalue weighted by Crippen LogP contribution is 2.18. The van der Waals surface area contributed by atoms with E-state index in [9.17, 15) is 14.7 Å². The molecule has 21 heavy (non-hydrogen) atoms. The number of hydrogen-bond donors (Lipinski definition) is 2. The molecule has 0 aromatic heterocycles. The minimum Gasteiger partial charge on any atom is -0.479 e. The third-order valence-electron chi connectivity index (χ3n) is 3.62. The van der Waals surface area contributed by atoms with Crippen LogP contribution in [0.15, 0.2) is 30.3 Å². The van der Waals surface area contributed by atoms with Crippen LogP contribution >= 0.6 is 0 Å².